The molecule has 74 heavy (non-hydrogen) atoms. The summed E-state index contributed by atoms with van der Waals surface area (Å²) in [6.07, 6.45) is 1.93. The van der Waals surface area contributed by atoms with Crippen LogP contribution in [0, 0.1) is 0 Å². The molecule has 10 aromatic rings. The Morgan fingerprint density at radius 3 is 1.49 bits per heavy atom. The first-order valence-corrected chi connectivity index (χ1v) is 26.9. The van der Waals surface area contributed by atoms with Crippen molar-refractivity contribution in [2.75, 3.05) is 0 Å². The molecule has 0 saturated carbocycles. The van der Waals surface area contributed by atoms with Gasteiger partial charge in [-0.25, -0.2) is 0 Å². The Morgan fingerprint density at radius 2 is 0.919 bits per heavy atom. The first-order chi connectivity index (χ1) is 34.8. The van der Waals surface area contributed by atoms with Crippen molar-refractivity contribution in [2.45, 2.75) is 131 Å². The van der Waals surface area contributed by atoms with E-state index in [2.05, 4.69) is 290 Å². The van der Waals surface area contributed by atoms with Crippen LogP contribution in [-0.4, -0.2) is 14.1 Å². The summed E-state index contributed by atoms with van der Waals surface area (Å²) < 4.78 is 14.8. The van der Waals surface area contributed by atoms with Gasteiger partial charge in [-0.05, 0) is 17.0 Å². The third-order valence-electron chi connectivity index (χ3n) is 14.7. The van der Waals surface area contributed by atoms with Crippen molar-refractivity contribution in [1.82, 2.24) is 14.1 Å². The first kappa shape index (κ1) is 51.0. The Kier molecular flexibility index (Phi) is 12.7. The quantitative estimate of drug-likeness (QED) is 0.118. The number of aromatic nitrogens is 4. The number of fused-ring (bicyclic) bond motifs is 4. The van der Waals surface area contributed by atoms with E-state index in [1.54, 1.807) is 0 Å². The van der Waals surface area contributed by atoms with Crippen LogP contribution in [0.25, 0.3) is 72.3 Å². The van der Waals surface area contributed by atoms with E-state index >= 15 is 0 Å². The Bertz CT molecular complexity index is 3640. The van der Waals surface area contributed by atoms with E-state index in [9.17, 15) is 0 Å². The fraction of sp³-hybridized carbons (Fsp3) is 0.294. The van der Waals surface area contributed by atoms with Gasteiger partial charge in [0.2, 0.25) is 0 Å². The van der Waals surface area contributed by atoms with Gasteiger partial charge in [-0.15, -0.1) is 0 Å². The zero-order valence-corrected chi connectivity index (χ0v) is 47.6. The van der Waals surface area contributed by atoms with Crippen LogP contribution in [0.4, 0.5) is 0 Å². The topological polar surface area (TPSA) is 35.9 Å². The van der Waals surface area contributed by atoms with Crippen molar-refractivity contribution in [1.29, 1.82) is 0 Å². The van der Waals surface area contributed by atoms with E-state index in [1.165, 1.54) is 44.3 Å². The monoisotopic (exact) mass is 1070 g/mol. The first-order valence-electron chi connectivity index (χ1n) is 26.2. The molecule has 0 fully saturated rings. The molecule has 3 aromatic heterocycles. The van der Waals surface area contributed by atoms with Crippen molar-refractivity contribution < 1.29 is 30.4 Å². The number of benzene rings is 7. The van der Waals surface area contributed by atoms with Crippen molar-refractivity contribution in [3.05, 3.63) is 192 Å². The minimum absolute atomic E-state index is 0.0247. The van der Waals surface area contributed by atoms with Crippen LogP contribution in [0.1, 0.15) is 132 Å². The molecule has 3 heterocycles. The van der Waals surface area contributed by atoms with Gasteiger partial charge in [-0.3, -0.25) is 0 Å². The van der Waals surface area contributed by atoms with Crippen LogP contribution < -0.4 is 13.3 Å². The van der Waals surface area contributed by atoms with E-state index < -0.39 is 0 Å². The molecule has 0 aliphatic rings. The van der Waals surface area contributed by atoms with Gasteiger partial charge >= 0.3 is 399 Å². The molecule has 6 heteroatoms. The maximum absolute atomic E-state index is 6.90. The van der Waals surface area contributed by atoms with Crippen LogP contribution in [-0.2, 0) is 48.1 Å². The van der Waals surface area contributed by atoms with Crippen LogP contribution >= 0.6 is 0 Å². The molecule has 0 N–H and O–H groups in total. The van der Waals surface area contributed by atoms with E-state index in [0.29, 0.717) is 0 Å². The van der Waals surface area contributed by atoms with Crippen molar-refractivity contribution in [2.24, 2.45) is 0 Å². The van der Waals surface area contributed by atoms with E-state index in [1.807, 2.05) is 12.3 Å². The Labute approximate surface area is 452 Å². The number of ether oxygens (including phenoxy) is 1. The molecule has 10 rings (SSSR count). The average Bonchev–Trinajstić information content (AvgIpc) is 3.82. The molecule has 7 aromatic carbocycles. The number of nitrogens with zero attached hydrogens (tertiary/aromatic N) is 4. The molecule has 0 atom stereocenters. The van der Waals surface area contributed by atoms with E-state index in [0.717, 1.165) is 71.3 Å². The maximum atomic E-state index is 6.90. The SMILES string of the molecule is CC(C)(C)c1cc(-c2cccc(-c3cc(C(C)(C)C)cc(C(C)(C)C)c3)c2-[n+]2[c]([Ag])n(-c3cccc(Oc4ccc5c6ccccc6n(-c6cc(C(C)(C)C)ccn6)c5c4)c3)c3ccccc32)cc(C(C)(C)C)c1. The molecule has 0 saturated heterocycles. The summed E-state index contributed by atoms with van der Waals surface area (Å²) in [4.78, 5) is 4.92. The van der Waals surface area contributed by atoms with Crippen LogP contribution in [0.15, 0.2) is 164 Å². The Hall–Kier alpha value is -6.50. The van der Waals surface area contributed by atoms with Gasteiger partial charge < -0.3 is 0 Å². The molecule has 380 valence electrons. The Balaban J connectivity index is 1.17. The third kappa shape index (κ3) is 9.60. The third-order valence-corrected chi connectivity index (χ3v) is 15.4. The number of rotatable bonds is 7. The number of hydrogen-bond donors (Lipinski definition) is 0. The van der Waals surface area contributed by atoms with Gasteiger partial charge in [0.1, 0.15) is 0 Å². The summed E-state index contributed by atoms with van der Waals surface area (Å²) in [7, 11) is 0. The van der Waals surface area contributed by atoms with E-state index in [-0.39, 0.29) is 27.1 Å². The molecule has 0 bridgehead atoms. The second-order valence-corrected chi connectivity index (χ2v) is 26.1. The number of hydrogen-bond acceptors (Lipinski definition) is 2. The summed E-state index contributed by atoms with van der Waals surface area (Å²) >= 11 is 4.35. The van der Waals surface area contributed by atoms with Crippen LogP contribution in [0.2, 0.25) is 0 Å². The van der Waals surface area contributed by atoms with Gasteiger partial charge in [-0.1, -0.05) is 32.9 Å². The predicted octanol–water partition coefficient (Wildman–Crippen LogP) is 17.2. The fourth-order valence-electron chi connectivity index (χ4n) is 10.2. The zero-order chi connectivity index (χ0) is 52.9. The number of imidazole rings is 1. The summed E-state index contributed by atoms with van der Waals surface area (Å²) in [5.41, 5.74) is 17.3. The van der Waals surface area contributed by atoms with Crippen molar-refractivity contribution >= 4 is 36.9 Å². The van der Waals surface area contributed by atoms with Crippen molar-refractivity contribution in [3.63, 3.8) is 0 Å². The molecule has 0 amide bonds. The second-order valence-electron chi connectivity index (χ2n) is 25.5. The molecule has 0 spiro atoms. The van der Waals surface area contributed by atoms with Crippen molar-refractivity contribution in [3.8, 4) is 50.9 Å². The molecule has 0 unspecified atom stereocenters. The molecule has 5 nitrogen and oxygen atoms in total. The molecule has 0 radical (unpaired) electrons. The minimum atomic E-state index is -0.0629. The predicted molar refractivity (Wildman–Crippen MR) is 307 cm³/mol. The summed E-state index contributed by atoms with van der Waals surface area (Å²) in [6.45, 7) is 34.6. The zero-order valence-electron chi connectivity index (χ0n) is 46.1. The van der Waals surface area contributed by atoms with Gasteiger partial charge in [0.15, 0.2) is 0 Å². The van der Waals surface area contributed by atoms with E-state index in [4.69, 9.17) is 9.72 Å². The number of para-hydroxylation sites is 4. The standard InChI is InChI=1S/C68H72N4O.Ag/c1-64(2,3)46-32-33-69-62(40-46)72-58-27-17-16-24-56(58)57-31-30-53(42-61(57)72)73-52-23-20-22-51(41-52)70-43-71(60-29-19-18-28-59(60)70)63-54(44-34-47(65(4,5)6)38-48(35-44)66(7,8)9)25-21-26-55(63)45-36-49(67(10,11)12)39-50(37-45)68(13,14)15;/h16-42H,1-15H3;/q+1;. The summed E-state index contributed by atoms with van der Waals surface area (Å²) in [5.74, 6) is 2.37. The average molecular weight is 1070 g/mol. The van der Waals surface area contributed by atoms with Crippen LogP contribution in [0.5, 0.6) is 11.5 Å². The van der Waals surface area contributed by atoms with Gasteiger partial charge in [0, 0.05) is 6.20 Å². The fourth-order valence-corrected chi connectivity index (χ4v) is 10.9. The Morgan fingerprint density at radius 1 is 0.419 bits per heavy atom. The molecular weight excluding hydrogens is 997 g/mol. The molecule has 0 aliphatic carbocycles. The molecule has 0 aliphatic heterocycles. The molecular formula is C68H72AgN4O+. The van der Waals surface area contributed by atoms with Gasteiger partial charge in [0.25, 0.3) is 0 Å². The van der Waals surface area contributed by atoms with Crippen LogP contribution in [0.3, 0.4) is 0 Å². The van der Waals surface area contributed by atoms with Gasteiger partial charge in [0.05, 0.1) is 0 Å². The second kappa shape index (κ2) is 18.4. The van der Waals surface area contributed by atoms with Gasteiger partial charge in [-0.2, -0.15) is 0 Å². The summed E-state index contributed by atoms with van der Waals surface area (Å²) in [5, 5.41) is 2.32. The normalized spacial score (nSPS) is 12.9. The summed E-state index contributed by atoms with van der Waals surface area (Å²) in [6, 6.07) is 57.9. The number of pyridine rings is 1.